The van der Waals surface area contributed by atoms with Gasteiger partial charge >= 0.3 is 0 Å². The fourth-order valence-electron chi connectivity index (χ4n) is 3.14. The lowest BCUT2D eigenvalue weighted by Crippen LogP contribution is -2.41. The molecule has 26 heavy (non-hydrogen) atoms. The lowest BCUT2D eigenvalue weighted by Gasteiger charge is -2.22. The highest BCUT2D eigenvalue weighted by atomic mass is 127. The zero-order chi connectivity index (χ0) is 17.5. The van der Waals surface area contributed by atoms with Gasteiger partial charge in [-0.25, -0.2) is 0 Å². The molecule has 1 aliphatic heterocycles. The first-order valence-electron chi connectivity index (χ1n) is 8.79. The van der Waals surface area contributed by atoms with E-state index in [1.54, 1.807) is 13.4 Å². The number of aliphatic imine (C=N–C) groups is 1. The van der Waals surface area contributed by atoms with Crippen molar-refractivity contribution in [3.63, 3.8) is 0 Å². The summed E-state index contributed by atoms with van der Waals surface area (Å²) >= 11 is 0. The number of rotatable bonds is 7. The number of methoxy groups -OCH3 is 1. The minimum atomic E-state index is 0. The van der Waals surface area contributed by atoms with Crippen LogP contribution in [0, 0.1) is 0 Å². The van der Waals surface area contributed by atoms with Crippen LogP contribution in [-0.4, -0.2) is 60.5 Å². The first-order valence-corrected chi connectivity index (χ1v) is 8.79. The lowest BCUT2D eigenvalue weighted by atomic mass is 10.0. The van der Waals surface area contributed by atoms with Crippen molar-refractivity contribution in [2.24, 2.45) is 12.0 Å². The number of aromatic nitrogens is 2. The van der Waals surface area contributed by atoms with Gasteiger partial charge in [0.05, 0.1) is 25.6 Å². The van der Waals surface area contributed by atoms with Gasteiger partial charge in [-0.3, -0.25) is 9.67 Å². The highest BCUT2D eigenvalue weighted by molar-refractivity contribution is 14.0. The topological polar surface area (TPSA) is 67.8 Å². The van der Waals surface area contributed by atoms with Crippen molar-refractivity contribution < 1.29 is 9.15 Å². The molecule has 1 aliphatic rings. The van der Waals surface area contributed by atoms with Crippen molar-refractivity contribution in [1.82, 2.24) is 20.0 Å². The van der Waals surface area contributed by atoms with Gasteiger partial charge < -0.3 is 19.4 Å². The Morgan fingerprint density at radius 2 is 2.38 bits per heavy atom. The van der Waals surface area contributed by atoms with Gasteiger partial charge in [-0.1, -0.05) is 0 Å². The predicted molar refractivity (Wildman–Crippen MR) is 112 cm³/mol. The molecule has 1 saturated heterocycles. The first-order chi connectivity index (χ1) is 12.3. The van der Waals surface area contributed by atoms with E-state index in [-0.39, 0.29) is 24.0 Å². The molecule has 144 valence electrons. The summed E-state index contributed by atoms with van der Waals surface area (Å²) < 4.78 is 12.4. The van der Waals surface area contributed by atoms with E-state index in [0.29, 0.717) is 19.1 Å². The molecule has 7 nitrogen and oxygen atoms in total. The number of ether oxygens (including phenoxy) is 1. The Morgan fingerprint density at radius 3 is 3.08 bits per heavy atom. The van der Waals surface area contributed by atoms with Crippen LogP contribution in [0.25, 0.3) is 0 Å². The van der Waals surface area contributed by atoms with Gasteiger partial charge in [0.25, 0.3) is 0 Å². The van der Waals surface area contributed by atoms with E-state index < -0.39 is 0 Å². The summed E-state index contributed by atoms with van der Waals surface area (Å²) in [6.07, 6.45) is 7.76. The number of guanidine groups is 1. The highest BCUT2D eigenvalue weighted by Gasteiger charge is 2.27. The van der Waals surface area contributed by atoms with Crippen LogP contribution < -0.4 is 5.32 Å². The SMILES string of the molecule is COCCN=C(NCCc1ccco1)N1CCC(c2cnn(C)c2)C1.I. The number of hydrogen-bond donors (Lipinski definition) is 1. The Labute approximate surface area is 171 Å². The van der Waals surface area contributed by atoms with Gasteiger partial charge in [0, 0.05) is 52.3 Å². The fraction of sp³-hybridized carbons (Fsp3) is 0.556. The Morgan fingerprint density at radius 1 is 1.50 bits per heavy atom. The molecule has 3 rings (SSSR count). The molecular weight excluding hydrogens is 445 g/mol. The third-order valence-electron chi connectivity index (χ3n) is 4.48. The van der Waals surface area contributed by atoms with Gasteiger partial charge in [0.15, 0.2) is 5.96 Å². The van der Waals surface area contributed by atoms with E-state index in [2.05, 4.69) is 21.5 Å². The van der Waals surface area contributed by atoms with E-state index >= 15 is 0 Å². The lowest BCUT2D eigenvalue weighted by molar-refractivity contribution is 0.207. The molecule has 0 bridgehead atoms. The zero-order valence-corrected chi connectivity index (χ0v) is 17.8. The van der Waals surface area contributed by atoms with Crippen molar-refractivity contribution in [2.45, 2.75) is 18.8 Å². The summed E-state index contributed by atoms with van der Waals surface area (Å²) in [5, 5.41) is 7.77. The summed E-state index contributed by atoms with van der Waals surface area (Å²) in [5.74, 6) is 2.45. The summed E-state index contributed by atoms with van der Waals surface area (Å²) in [5.41, 5.74) is 1.30. The molecule has 1 N–H and O–H groups in total. The third kappa shape index (κ3) is 5.73. The summed E-state index contributed by atoms with van der Waals surface area (Å²) in [4.78, 5) is 7.03. The van der Waals surface area contributed by atoms with E-state index in [1.807, 2.05) is 30.1 Å². The van der Waals surface area contributed by atoms with Gasteiger partial charge in [-0.05, 0) is 24.1 Å². The summed E-state index contributed by atoms with van der Waals surface area (Å²) in [7, 11) is 3.66. The van der Waals surface area contributed by atoms with Crippen molar-refractivity contribution in [2.75, 3.05) is 39.9 Å². The van der Waals surface area contributed by atoms with Crippen LogP contribution in [-0.2, 0) is 18.2 Å². The molecule has 2 aromatic heterocycles. The number of aryl methyl sites for hydroxylation is 1. The Bertz CT molecular complexity index is 671. The molecule has 0 aromatic carbocycles. The molecule has 0 amide bonds. The normalized spacial score (nSPS) is 17.4. The molecule has 0 spiro atoms. The average Bonchev–Trinajstić information content (AvgIpc) is 3.35. The van der Waals surface area contributed by atoms with Crippen molar-refractivity contribution in [3.8, 4) is 0 Å². The van der Waals surface area contributed by atoms with Crippen LogP contribution in [0.4, 0.5) is 0 Å². The van der Waals surface area contributed by atoms with Gasteiger partial charge in [-0.2, -0.15) is 5.10 Å². The first kappa shape index (κ1) is 20.8. The minimum Gasteiger partial charge on any atom is -0.469 e. The maximum Gasteiger partial charge on any atom is 0.194 e. The number of halogens is 1. The molecule has 1 unspecified atom stereocenters. The van der Waals surface area contributed by atoms with Crippen LogP contribution in [0.1, 0.15) is 23.7 Å². The Balaban J connectivity index is 0.00000243. The van der Waals surface area contributed by atoms with Crippen LogP contribution >= 0.6 is 24.0 Å². The van der Waals surface area contributed by atoms with E-state index in [1.165, 1.54) is 5.56 Å². The highest BCUT2D eigenvalue weighted by Crippen LogP contribution is 2.26. The fourth-order valence-corrected chi connectivity index (χ4v) is 3.14. The van der Waals surface area contributed by atoms with E-state index in [0.717, 1.165) is 44.2 Å². The quantitative estimate of drug-likeness (QED) is 0.289. The van der Waals surface area contributed by atoms with E-state index in [4.69, 9.17) is 14.1 Å². The average molecular weight is 473 g/mol. The Kier molecular flexibility index (Phi) is 8.43. The molecule has 8 heteroatoms. The molecule has 1 fully saturated rings. The minimum absolute atomic E-state index is 0. The number of likely N-dealkylation sites (tertiary alicyclic amines) is 1. The molecule has 0 radical (unpaired) electrons. The second kappa shape index (κ2) is 10.6. The second-order valence-electron chi connectivity index (χ2n) is 6.33. The van der Waals surface area contributed by atoms with Gasteiger partial charge in [0.2, 0.25) is 0 Å². The maximum atomic E-state index is 5.39. The largest absolute Gasteiger partial charge is 0.469 e. The van der Waals surface area contributed by atoms with Crippen molar-refractivity contribution >= 4 is 29.9 Å². The van der Waals surface area contributed by atoms with Crippen molar-refractivity contribution in [3.05, 3.63) is 42.1 Å². The maximum absolute atomic E-state index is 5.39. The van der Waals surface area contributed by atoms with Gasteiger partial charge in [0.1, 0.15) is 5.76 Å². The molecular formula is C18H28IN5O2. The smallest absolute Gasteiger partial charge is 0.194 e. The predicted octanol–water partition coefficient (Wildman–Crippen LogP) is 2.26. The van der Waals surface area contributed by atoms with Crippen LogP contribution in [0.15, 0.2) is 40.2 Å². The molecule has 3 heterocycles. The summed E-state index contributed by atoms with van der Waals surface area (Å²) in [6, 6.07) is 3.92. The van der Waals surface area contributed by atoms with E-state index in [9.17, 15) is 0 Å². The standard InChI is InChI=1S/C18H27N5O2.HI/c1-22-13-16(12-21-22)15-6-9-23(14-15)18(20-8-11-24-2)19-7-5-17-4-3-10-25-17;/h3-4,10,12-13,15H,5-9,11,14H2,1-2H3,(H,19,20);1H. The Hall–Kier alpha value is -1.55. The molecule has 1 atom stereocenters. The zero-order valence-electron chi connectivity index (χ0n) is 15.4. The second-order valence-corrected chi connectivity index (χ2v) is 6.33. The number of hydrogen-bond acceptors (Lipinski definition) is 4. The van der Waals surface area contributed by atoms with Crippen LogP contribution in [0.3, 0.4) is 0 Å². The number of nitrogens with one attached hydrogen (secondary N) is 1. The van der Waals surface area contributed by atoms with Crippen molar-refractivity contribution in [1.29, 1.82) is 0 Å². The number of furan rings is 1. The van der Waals surface area contributed by atoms with Crippen LogP contribution in [0.2, 0.25) is 0 Å². The monoisotopic (exact) mass is 473 g/mol. The number of nitrogens with zero attached hydrogens (tertiary/aromatic N) is 4. The third-order valence-corrected chi connectivity index (χ3v) is 4.48. The van der Waals surface area contributed by atoms with Crippen LogP contribution in [0.5, 0.6) is 0 Å². The molecule has 2 aromatic rings. The van der Waals surface area contributed by atoms with Gasteiger partial charge in [-0.15, -0.1) is 24.0 Å². The molecule has 0 saturated carbocycles. The molecule has 0 aliphatic carbocycles. The summed E-state index contributed by atoms with van der Waals surface area (Å²) in [6.45, 7) is 4.05.